The summed E-state index contributed by atoms with van der Waals surface area (Å²) in [6.45, 7) is 5.86. The molecule has 4 rings (SSSR count). The highest BCUT2D eigenvalue weighted by Gasteiger charge is 2.26. The van der Waals surface area contributed by atoms with E-state index in [1.807, 2.05) is 5.38 Å². The summed E-state index contributed by atoms with van der Waals surface area (Å²) < 4.78 is 48.1. The molecule has 1 saturated heterocycles. The topological polar surface area (TPSA) is 63.9 Å². The predicted octanol–water partition coefficient (Wildman–Crippen LogP) is 4.97. The Labute approximate surface area is 198 Å². The maximum absolute atomic E-state index is 13.4. The molecule has 3 aromatic rings. The van der Waals surface area contributed by atoms with Crippen molar-refractivity contribution in [1.82, 2.24) is 8.87 Å². The van der Waals surface area contributed by atoms with Gasteiger partial charge >= 0.3 is 0 Å². The third-order valence-electron chi connectivity index (χ3n) is 5.70. The van der Waals surface area contributed by atoms with Crippen molar-refractivity contribution in [3.63, 3.8) is 0 Å². The fourth-order valence-electron chi connectivity index (χ4n) is 3.95. The second-order valence-corrected chi connectivity index (χ2v) is 10.8. The van der Waals surface area contributed by atoms with Crippen molar-refractivity contribution >= 4 is 27.0 Å². The summed E-state index contributed by atoms with van der Waals surface area (Å²) in [5, 5.41) is 2.04. The van der Waals surface area contributed by atoms with Crippen LogP contribution in [0.3, 0.4) is 0 Å². The molecular weight excluding hydrogens is 461 g/mol. The van der Waals surface area contributed by atoms with Crippen LogP contribution in [-0.2, 0) is 14.8 Å². The molecule has 0 N–H and O–H groups in total. The summed E-state index contributed by atoms with van der Waals surface area (Å²) >= 11 is 1.52. The maximum atomic E-state index is 13.4. The summed E-state index contributed by atoms with van der Waals surface area (Å²) in [5.41, 5.74) is 2.61. The number of thiazole rings is 1. The van der Waals surface area contributed by atoms with Gasteiger partial charge < -0.3 is 9.30 Å². The minimum Gasteiger partial charge on any atom is -0.379 e. The molecule has 1 unspecified atom stereocenters. The summed E-state index contributed by atoms with van der Waals surface area (Å²) in [7, 11) is -3.54. The van der Waals surface area contributed by atoms with Gasteiger partial charge in [-0.2, -0.15) is 4.31 Å². The highest BCUT2D eigenvalue weighted by atomic mass is 32.2. The zero-order chi connectivity index (χ0) is 23.4. The zero-order valence-electron chi connectivity index (χ0n) is 18.8. The molecule has 0 amide bonds. The number of morpholine rings is 1. The molecule has 1 aromatic heterocycles. The van der Waals surface area contributed by atoms with Crippen LogP contribution < -0.4 is 4.80 Å². The van der Waals surface area contributed by atoms with Gasteiger partial charge in [0.05, 0.1) is 29.5 Å². The van der Waals surface area contributed by atoms with Crippen molar-refractivity contribution in [1.29, 1.82) is 0 Å². The summed E-state index contributed by atoms with van der Waals surface area (Å²) in [6.07, 6.45) is 2.01. The van der Waals surface area contributed by atoms with Gasteiger partial charge in [-0.15, -0.1) is 11.3 Å². The Balaban J connectivity index is 1.69. The van der Waals surface area contributed by atoms with Crippen LogP contribution in [0.5, 0.6) is 0 Å². The van der Waals surface area contributed by atoms with Gasteiger partial charge in [-0.25, -0.2) is 17.8 Å². The number of ether oxygens (including phenoxy) is 1. The van der Waals surface area contributed by atoms with E-state index in [1.165, 1.54) is 27.8 Å². The van der Waals surface area contributed by atoms with Crippen LogP contribution in [0.1, 0.15) is 32.7 Å². The lowest BCUT2D eigenvalue weighted by atomic mass is 10.1. The maximum Gasteiger partial charge on any atom is 0.243 e. The van der Waals surface area contributed by atoms with E-state index in [2.05, 4.69) is 18.4 Å². The van der Waals surface area contributed by atoms with Crippen LogP contribution in [0, 0.1) is 5.82 Å². The molecule has 0 saturated carbocycles. The quantitative estimate of drug-likeness (QED) is 0.471. The van der Waals surface area contributed by atoms with Gasteiger partial charge in [-0.1, -0.05) is 13.3 Å². The van der Waals surface area contributed by atoms with Gasteiger partial charge in [0, 0.05) is 24.5 Å². The molecule has 0 aliphatic carbocycles. The van der Waals surface area contributed by atoms with Crippen molar-refractivity contribution in [2.24, 2.45) is 4.99 Å². The zero-order valence-corrected chi connectivity index (χ0v) is 20.4. The van der Waals surface area contributed by atoms with Crippen LogP contribution in [0.25, 0.3) is 11.3 Å². The van der Waals surface area contributed by atoms with Gasteiger partial charge in [0.25, 0.3) is 0 Å². The van der Waals surface area contributed by atoms with E-state index < -0.39 is 10.0 Å². The number of hydrogen-bond acceptors (Lipinski definition) is 5. The monoisotopic (exact) mass is 489 g/mol. The average Bonchev–Trinajstić information content (AvgIpc) is 3.24. The van der Waals surface area contributed by atoms with Gasteiger partial charge in [-0.05, 0) is 67.4 Å². The number of nitrogens with zero attached hydrogens (tertiary/aromatic N) is 3. The van der Waals surface area contributed by atoms with Crippen LogP contribution in [0.4, 0.5) is 10.1 Å². The number of rotatable bonds is 7. The van der Waals surface area contributed by atoms with Gasteiger partial charge in [0.1, 0.15) is 5.82 Å². The lowest BCUT2D eigenvalue weighted by molar-refractivity contribution is 0.0730. The van der Waals surface area contributed by atoms with Crippen LogP contribution in [-0.4, -0.2) is 43.6 Å². The number of hydrogen-bond donors (Lipinski definition) is 0. The van der Waals surface area contributed by atoms with Crippen LogP contribution in [0.2, 0.25) is 0 Å². The van der Waals surface area contributed by atoms with Crippen molar-refractivity contribution in [2.75, 3.05) is 26.3 Å². The van der Waals surface area contributed by atoms with E-state index in [9.17, 15) is 12.8 Å². The smallest absolute Gasteiger partial charge is 0.243 e. The van der Waals surface area contributed by atoms with Crippen molar-refractivity contribution in [3.8, 4) is 11.3 Å². The Hall–Kier alpha value is -2.33. The SMILES string of the molecule is CCCC(C)n1c(-c2ccc(F)cc2)csc1=Nc1ccc(S(=O)(=O)N2CCOCC2)cc1. The number of benzene rings is 2. The molecular formula is C24H28FN3O3S2. The molecule has 2 heterocycles. The van der Waals surface area contributed by atoms with Crippen LogP contribution in [0.15, 0.2) is 63.8 Å². The second kappa shape index (κ2) is 10.3. The van der Waals surface area contributed by atoms with E-state index in [0.717, 1.165) is 28.9 Å². The van der Waals surface area contributed by atoms with Crippen molar-refractivity contribution < 1.29 is 17.5 Å². The molecule has 0 spiro atoms. The summed E-state index contributed by atoms with van der Waals surface area (Å²) in [5.74, 6) is -0.265. The Kier molecular flexibility index (Phi) is 7.43. The van der Waals surface area contributed by atoms with Crippen LogP contribution >= 0.6 is 11.3 Å². The van der Waals surface area contributed by atoms with E-state index in [-0.39, 0.29) is 16.8 Å². The Morgan fingerprint density at radius 1 is 1.09 bits per heavy atom. The van der Waals surface area contributed by atoms with Gasteiger partial charge in [-0.3, -0.25) is 0 Å². The molecule has 1 fully saturated rings. The first-order valence-corrected chi connectivity index (χ1v) is 13.4. The first kappa shape index (κ1) is 23.8. The van der Waals surface area contributed by atoms with Crippen molar-refractivity contribution in [3.05, 3.63) is 64.5 Å². The molecule has 1 atom stereocenters. The number of halogens is 1. The molecule has 1 aliphatic heterocycles. The number of sulfonamides is 1. The highest BCUT2D eigenvalue weighted by Crippen LogP contribution is 2.26. The Morgan fingerprint density at radius 2 is 1.76 bits per heavy atom. The molecule has 0 radical (unpaired) electrons. The van der Waals surface area contributed by atoms with E-state index in [1.54, 1.807) is 36.4 Å². The molecule has 0 bridgehead atoms. The summed E-state index contributed by atoms with van der Waals surface area (Å²) in [4.78, 5) is 5.90. The fourth-order valence-corrected chi connectivity index (χ4v) is 6.37. The third-order valence-corrected chi connectivity index (χ3v) is 8.45. The predicted molar refractivity (Wildman–Crippen MR) is 129 cm³/mol. The molecule has 1 aliphatic rings. The summed E-state index contributed by atoms with van der Waals surface area (Å²) in [6, 6.07) is 13.4. The Bertz CT molecular complexity index is 1240. The first-order valence-electron chi connectivity index (χ1n) is 11.1. The highest BCUT2D eigenvalue weighted by molar-refractivity contribution is 7.89. The Morgan fingerprint density at radius 3 is 2.39 bits per heavy atom. The molecule has 9 heteroatoms. The van der Waals surface area contributed by atoms with E-state index in [0.29, 0.717) is 32.0 Å². The minimum absolute atomic E-state index is 0.209. The standard InChI is InChI=1S/C24H28FN3O3S2/c1-3-4-18(2)28-23(19-5-7-20(25)8-6-19)17-32-24(28)26-21-9-11-22(12-10-21)33(29,30)27-13-15-31-16-14-27/h5-12,17-18H,3-4,13-16H2,1-2H3. The molecule has 2 aromatic carbocycles. The molecule has 33 heavy (non-hydrogen) atoms. The fraction of sp³-hybridized carbons (Fsp3) is 0.375. The third kappa shape index (κ3) is 5.27. The first-order chi connectivity index (χ1) is 15.9. The van der Waals surface area contributed by atoms with E-state index >= 15 is 0 Å². The second-order valence-electron chi connectivity index (χ2n) is 8.04. The lowest BCUT2D eigenvalue weighted by Gasteiger charge is -2.26. The molecule has 176 valence electrons. The molecule has 6 nitrogen and oxygen atoms in total. The number of aromatic nitrogens is 1. The van der Waals surface area contributed by atoms with Gasteiger partial charge in [0.2, 0.25) is 10.0 Å². The normalized spacial score (nSPS) is 16.8. The largest absolute Gasteiger partial charge is 0.379 e. The average molecular weight is 490 g/mol. The van der Waals surface area contributed by atoms with E-state index in [4.69, 9.17) is 9.73 Å². The lowest BCUT2D eigenvalue weighted by Crippen LogP contribution is -2.40. The minimum atomic E-state index is -3.54. The van der Waals surface area contributed by atoms with Crippen molar-refractivity contribution in [2.45, 2.75) is 37.6 Å². The van der Waals surface area contributed by atoms with Gasteiger partial charge in [0.15, 0.2) is 4.80 Å².